The number of carbonyl (C=O) groups excluding carboxylic acids is 4. The highest BCUT2D eigenvalue weighted by Gasteiger charge is 2.41. The lowest BCUT2D eigenvalue weighted by molar-refractivity contribution is -0.107. The molecule has 2 amide bonds. The Balaban J connectivity index is 1.19. The molecule has 0 bridgehead atoms. The summed E-state index contributed by atoms with van der Waals surface area (Å²) in [6, 6.07) is 19.9. The fourth-order valence-electron chi connectivity index (χ4n) is 5.67. The van der Waals surface area contributed by atoms with Crippen LogP contribution in [0.4, 0.5) is 0 Å². The highest BCUT2D eigenvalue weighted by atomic mass is 32.2. The molecule has 3 aromatic heterocycles. The van der Waals surface area contributed by atoms with Crippen molar-refractivity contribution in [2.75, 3.05) is 7.05 Å². The van der Waals surface area contributed by atoms with E-state index in [1.165, 1.54) is 35.0 Å². The molecule has 43 heavy (non-hydrogen) atoms. The Bertz CT molecular complexity index is 2160. The molecule has 210 valence electrons. The maximum atomic E-state index is 13.3. The number of carbonyl (C=O) groups is 4. The molecule has 6 heterocycles. The van der Waals surface area contributed by atoms with Gasteiger partial charge in [-0.1, -0.05) is 24.3 Å². The van der Waals surface area contributed by atoms with Gasteiger partial charge in [0.25, 0.3) is 11.8 Å². The van der Waals surface area contributed by atoms with Gasteiger partial charge < -0.3 is 0 Å². The Morgan fingerprint density at radius 3 is 1.77 bits per heavy atom. The standard InChI is InChI=1S/C33H19NO4S5/c1-14-4-7-17-22(12-14)41-32(37)24(17)25-18-8-6-16(13-23(18)42-33(25)38)19-10-11-21(40-19)29-27-26(30(35)34(3)31(27)36)28(43-29)20-9-5-15(2)39-20/h4-13H,1-3H3/b25-24+. The van der Waals surface area contributed by atoms with Crippen LogP contribution in [0.15, 0.2) is 70.5 Å². The predicted molar refractivity (Wildman–Crippen MR) is 177 cm³/mol. The van der Waals surface area contributed by atoms with Crippen LogP contribution in [0.3, 0.4) is 0 Å². The lowest BCUT2D eigenvalue weighted by Gasteiger charge is -2.07. The number of benzene rings is 2. The van der Waals surface area contributed by atoms with Crippen molar-refractivity contribution in [3.63, 3.8) is 0 Å². The molecule has 0 unspecified atom stereocenters. The number of hydrogen-bond donors (Lipinski definition) is 0. The molecule has 0 N–H and O–H groups in total. The van der Waals surface area contributed by atoms with E-state index in [1.807, 2.05) is 74.5 Å². The Labute approximate surface area is 267 Å². The highest BCUT2D eigenvalue weighted by Crippen LogP contribution is 2.52. The summed E-state index contributed by atoms with van der Waals surface area (Å²) in [5, 5.41) is -0.210. The van der Waals surface area contributed by atoms with Crippen LogP contribution >= 0.6 is 57.5 Å². The summed E-state index contributed by atoms with van der Waals surface area (Å²) in [6.07, 6.45) is 0. The van der Waals surface area contributed by atoms with Gasteiger partial charge in [-0.25, -0.2) is 0 Å². The SMILES string of the molecule is Cc1ccc2c(c1)SC(=O)/C2=C1/C(=O)Sc2cc(-c3ccc(-c4sc(-c5ccc(C)s5)c5c4C(=O)N(C)C5=O)s3)ccc21. The number of nitrogens with zero attached hydrogens (tertiary/aromatic N) is 1. The number of aryl methyl sites for hydroxylation is 2. The second-order valence-corrected chi connectivity index (χ2v) is 15.9. The van der Waals surface area contributed by atoms with Crippen molar-refractivity contribution in [2.45, 2.75) is 23.6 Å². The molecule has 2 aromatic carbocycles. The maximum Gasteiger partial charge on any atom is 0.262 e. The van der Waals surface area contributed by atoms with E-state index in [2.05, 4.69) is 0 Å². The number of thiophene rings is 3. The van der Waals surface area contributed by atoms with Crippen molar-refractivity contribution in [1.29, 1.82) is 0 Å². The Hall–Kier alpha value is -3.54. The molecule has 0 fully saturated rings. The van der Waals surface area contributed by atoms with Crippen LogP contribution in [0, 0.1) is 13.8 Å². The summed E-state index contributed by atoms with van der Waals surface area (Å²) in [6.45, 7) is 4.02. The molecular weight excluding hydrogens is 635 g/mol. The number of hydrogen-bond acceptors (Lipinski definition) is 9. The lowest BCUT2D eigenvalue weighted by atomic mass is 9.95. The van der Waals surface area contributed by atoms with E-state index in [9.17, 15) is 19.2 Å². The summed E-state index contributed by atoms with van der Waals surface area (Å²) in [7, 11) is 1.53. The van der Waals surface area contributed by atoms with E-state index >= 15 is 0 Å². The van der Waals surface area contributed by atoms with Gasteiger partial charge in [-0.15, -0.1) is 34.0 Å². The fraction of sp³-hybridized carbons (Fsp3) is 0.0909. The average Bonchev–Trinajstić information content (AvgIpc) is 3.81. The third kappa shape index (κ3) is 4.04. The van der Waals surface area contributed by atoms with Crippen molar-refractivity contribution in [2.24, 2.45) is 0 Å². The zero-order valence-electron chi connectivity index (χ0n) is 22.9. The molecule has 0 aliphatic carbocycles. The Kier molecular flexibility index (Phi) is 6.12. The second kappa shape index (κ2) is 9.73. The first-order valence-electron chi connectivity index (χ1n) is 13.3. The number of rotatable bonds is 3. The van der Waals surface area contributed by atoms with E-state index in [4.69, 9.17) is 0 Å². The summed E-state index contributed by atoms with van der Waals surface area (Å²) in [5.74, 6) is -0.535. The van der Waals surface area contributed by atoms with Crippen LogP contribution in [-0.2, 0) is 9.59 Å². The van der Waals surface area contributed by atoms with Gasteiger partial charge in [0.05, 0.1) is 20.9 Å². The van der Waals surface area contributed by atoms with Crippen molar-refractivity contribution in [3.8, 4) is 29.9 Å². The molecule has 5 nitrogen and oxygen atoms in total. The molecule has 3 aliphatic rings. The third-order valence-electron chi connectivity index (χ3n) is 7.74. The molecule has 0 radical (unpaired) electrons. The molecule has 0 saturated carbocycles. The van der Waals surface area contributed by atoms with Crippen LogP contribution in [0.5, 0.6) is 0 Å². The van der Waals surface area contributed by atoms with E-state index in [0.717, 1.165) is 73.1 Å². The molecule has 0 saturated heterocycles. The molecule has 0 spiro atoms. The Morgan fingerprint density at radius 2 is 1.14 bits per heavy atom. The van der Waals surface area contributed by atoms with Crippen molar-refractivity contribution < 1.29 is 19.2 Å². The van der Waals surface area contributed by atoms with Crippen molar-refractivity contribution >= 4 is 90.7 Å². The first kappa shape index (κ1) is 27.0. The van der Waals surface area contributed by atoms with Gasteiger partial charge >= 0.3 is 0 Å². The van der Waals surface area contributed by atoms with Crippen LogP contribution < -0.4 is 0 Å². The lowest BCUT2D eigenvalue weighted by Crippen LogP contribution is -2.24. The van der Waals surface area contributed by atoms with Crippen molar-refractivity contribution in [3.05, 3.63) is 93.4 Å². The number of fused-ring (bicyclic) bond motifs is 3. The predicted octanol–water partition coefficient (Wildman–Crippen LogP) is 8.89. The van der Waals surface area contributed by atoms with Gasteiger partial charge in [-0.05, 0) is 84.9 Å². The zero-order valence-corrected chi connectivity index (χ0v) is 27.0. The van der Waals surface area contributed by atoms with Crippen molar-refractivity contribution in [1.82, 2.24) is 4.90 Å². The monoisotopic (exact) mass is 653 g/mol. The highest BCUT2D eigenvalue weighted by molar-refractivity contribution is 8.16. The fourth-order valence-corrected chi connectivity index (χ4v) is 11.1. The largest absolute Gasteiger partial charge is 0.281 e. The molecule has 8 rings (SSSR count). The minimum Gasteiger partial charge on any atom is -0.281 e. The third-order valence-corrected chi connectivity index (χ3v) is 13.3. The molecule has 3 aliphatic heterocycles. The minimum absolute atomic E-state index is 0.0939. The molecule has 5 aromatic rings. The molecule has 10 heteroatoms. The van der Waals surface area contributed by atoms with Crippen LogP contribution in [-0.4, -0.2) is 34.0 Å². The quantitative estimate of drug-likeness (QED) is 0.143. The van der Waals surface area contributed by atoms with Gasteiger partial charge in [0, 0.05) is 58.6 Å². The summed E-state index contributed by atoms with van der Waals surface area (Å²) < 4.78 is 0. The normalized spacial score (nSPS) is 17.3. The van der Waals surface area contributed by atoms with E-state index in [0.29, 0.717) is 22.3 Å². The van der Waals surface area contributed by atoms with E-state index < -0.39 is 0 Å². The van der Waals surface area contributed by atoms with Gasteiger partial charge in [-0.2, -0.15) is 0 Å². The van der Waals surface area contributed by atoms with Gasteiger partial charge in [0.15, 0.2) is 0 Å². The van der Waals surface area contributed by atoms with Crippen LogP contribution in [0.2, 0.25) is 0 Å². The minimum atomic E-state index is -0.273. The summed E-state index contributed by atoms with van der Waals surface area (Å²) in [4.78, 5) is 61.2. The first-order chi connectivity index (χ1) is 20.7. The smallest absolute Gasteiger partial charge is 0.262 e. The van der Waals surface area contributed by atoms with E-state index in [1.54, 1.807) is 22.7 Å². The van der Waals surface area contributed by atoms with Crippen LogP contribution in [0.25, 0.3) is 41.1 Å². The topological polar surface area (TPSA) is 71.5 Å². The van der Waals surface area contributed by atoms with Gasteiger partial charge in [0.1, 0.15) is 0 Å². The second-order valence-electron chi connectivity index (χ2n) is 10.5. The van der Waals surface area contributed by atoms with Gasteiger partial charge in [-0.3, -0.25) is 24.1 Å². The summed E-state index contributed by atoms with van der Waals surface area (Å²) >= 11 is 7.01. The number of imide groups is 1. The number of thioether (sulfide) groups is 2. The summed E-state index contributed by atoms with van der Waals surface area (Å²) in [5.41, 5.74) is 5.58. The molecular formula is C33H19NO4S5. The molecule has 0 atom stereocenters. The zero-order chi connectivity index (χ0) is 29.7. The Morgan fingerprint density at radius 1 is 0.581 bits per heavy atom. The maximum absolute atomic E-state index is 13.3. The number of amides is 2. The van der Waals surface area contributed by atoms with Crippen LogP contribution in [0.1, 0.15) is 42.3 Å². The average molecular weight is 654 g/mol. The van der Waals surface area contributed by atoms with E-state index in [-0.39, 0.29) is 22.0 Å². The first-order valence-corrected chi connectivity index (χ1v) is 17.4. The van der Waals surface area contributed by atoms with Gasteiger partial charge in [0.2, 0.25) is 10.2 Å².